The zero-order valence-corrected chi connectivity index (χ0v) is 13.7. The first-order valence-corrected chi connectivity index (χ1v) is 8.07. The zero-order valence-electron chi connectivity index (χ0n) is 12.9. The van der Waals surface area contributed by atoms with Crippen LogP contribution in [0.4, 0.5) is 4.79 Å². The van der Waals surface area contributed by atoms with Crippen molar-refractivity contribution >= 4 is 16.1 Å². The molecule has 0 radical (unpaired) electrons. The minimum atomic E-state index is -4.18. The van der Waals surface area contributed by atoms with Gasteiger partial charge in [0.15, 0.2) is 0 Å². The number of carbonyl (C=O) groups excluding carboxylic acids is 1. The maximum atomic E-state index is 12.1. The summed E-state index contributed by atoms with van der Waals surface area (Å²) in [6.45, 7) is 7.35. The standard InChI is InChI=1S/C13H21N3O5S/c1-7(2)10-5-9(6-11(8(3)4)12(10)17)22(19,20)21-16-15-13(14)18/h5-8,16-17H,1-4H3,(H3,14,15,18). The third-order valence-electron chi connectivity index (χ3n) is 3.00. The Kier molecular flexibility index (Phi) is 5.75. The lowest BCUT2D eigenvalue weighted by Crippen LogP contribution is -2.42. The van der Waals surface area contributed by atoms with Gasteiger partial charge in [0, 0.05) is 0 Å². The molecule has 1 rings (SSSR count). The van der Waals surface area contributed by atoms with Crippen molar-refractivity contribution in [2.45, 2.75) is 44.4 Å². The first-order chi connectivity index (χ1) is 10.1. The largest absolute Gasteiger partial charge is 0.507 e. The average molecular weight is 331 g/mol. The van der Waals surface area contributed by atoms with Crippen LogP contribution in [0.25, 0.3) is 0 Å². The highest BCUT2D eigenvalue weighted by Gasteiger charge is 2.22. The molecule has 22 heavy (non-hydrogen) atoms. The number of nitrogens with two attached hydrogens (primary N) is 1. The van der Waals surface area contributed by atoms with E-state index in [0.29, 0.717) is 11.1 Å². The van der Waals surface area contributed by atoms with Gasteiger partial charge < -0.3 is 10.8 Å². The Bertz CT molecular complexity index is 627. The number of aromatic hydroxyl groups is 1. The predicted molar refractivity (Wildman–Crippen MR) is 80.4 cm³/mol. The molecule has 124 valence electrons. The smallest absolute Gasteiger partial charge is 0.328 e. The summed E-state index contributed by atoms with van der Waals surface area (Å²) in [7, 11) is -4.18. The predicted octanol–water partition coefficient (Wildman–Crippen LogP) is 1.43. The van der Waals surface area contributed by atoms with Crippen molar-refractivity contribution in [3.05, 3.63) is 23.3 Å². The highest BCUT2D eigenvalue weighted by atomic mass is 32.2. The summed E-state index contributed by atoms with van der Waals surface area (Å²) in [6, 6.07) is 1.69. The van der Waals surface area contributed by atoms with Crippen molar-refractivity contribution in [1.82, 2.24) is 11.0 Å². The second-order valence-electron chi connectivity index (χ2n) is 5.39. The molecule has 0 bridgehead atoms. The van der Waals surface area contributed by atoms with Gasteiger partial charge in [0.2, 0.25) is 0 Å². The summed E-state index contributed by atoms with van der Waals surface area (Å²) in [6.07, 6.45) is 0. The fraction of sp³-hybridized carbons (Fsp3) is 0.462. The van der Waals surface area contributed by atoms with Crippen molar-refractivity contribution in [2.24, 2.45) is 5.73 Å². The third kappa shape index (κ3) is 4.33. The van der Waals surface area contributed by atoms with E-state index in [1.54, 1.807) is 11.0 Å². The summed E-state index contributed by atoms with van der Waals surface area (Å²) in [5, 5.41) is 10.2. The Morgan fingerprint density at radius 3 is 2.00 bits per heavy atom. The van der Waals surface area contributed by atoms with Gasteiger partial charge in [0.05, 0.1) is 4.90 Å². The lowest BCUT2D eigenvalue weighted by Gasteiger charge is -2.17. The van der Waals surface area contributed by atoms with E-state index in [9.17, 15) is 18.3 Å². The van der Waals surface area contributed by atoms with E-state index < -0.39 is 16.1 Å². The molecule has 0 aliphatic carbocycles. The van der Waals surface area contributed by atoms with E-state index in [4.69, 9.17) is 5.73 Å². The number of benzene rings is 1. The fourth-order valence-corrected chi connectivity index (χ4v) is 2.64. The summed E-state index contributed by atoms with van der Waals surface area (Å²) >= 11 is 0. The highest BCUT2D eigenvalue weighted by Crippen LogP contribution is 2.36. The average Bonchev–Trinajstić information content (AvgIpc) is 2.37. The summed E-state index contributed by atoms with van der Waals surface area (Å²) in [4.78, 5) is 10.4. The molecule has 0 unspecified atom stereocenters. The third-order valence-corrected chi connectivity index (χ3v) is 4.12. The maximum Gasteiger partial charge on any atom is 0.328 e. The van der Waals surface area contributed by atoms with E-state index >= 15 is 0 Å². The Morgan fingerprint density at radius 1 is 1.18 bits per heavy atom. The van der Waals surface area contributed by atoms with Crippen molar-refractivity contribution in [3.63, 3.8) is 0 Å². The van der Waals surface area contributed by atoms with E-state index in [-0.39, 0.29) is 22.5 Å². The van der Waals surface area contributed by atoms with Crippen LogP contribution >= 0.6 is 0 Å². The molecule has 9 heteroatoms. The summed E-state index contributed by atoms with van der Waals surface area (Å²) in [5.74, 6) is -0.0825. The monoisotopic (exact) mass is 331 g/mol. The Labute approximate surface area is 129 Å². The van der Waals surface area contributed by atoms with Crippen molar-refractivity contribution in [1.29, 1.82) is 0 Å². The van der Waals surface area contributed by atoms with Crippen LogP contribution in [0.1, 0.15) is 50.7 Å². The number of phenols is 1. The molecule has 2 amide bonds. The van der Waals surface area contributed by atoms with Crippen LogP contribution in [0.3, 0.4) is 0 Å². The molecule has 0 aromatic heterocycles. The summed E-state index contributed by atoms with van der Waals surface area (Å²) < 4.78 is 28.7. The number of phenolic OH excluding ortho intramolecular Hbond substituents is 1. The number of rotatable bonds is 6. The van der Waals surface area contributed by atoms with Crippen LogP contribution in [0, 0.1) is 0 Å². The molecular weight excluding hydrogens is 310 g/mol. The number of urea groups is 1. The van der Waals surface area contributed by atoms with Crippen LogP contribution < -0.4 is 16.7 Å². The zero-order chi connectivity index (χ0) is 17.1. The first-order valence-electron chi connectivity index (χ1n) is 6.67. The van der Waals surface area contributed by atoms with Gasteiger partial charge in [0.1, 0.15) is 5.75 Å². The van der Waals surface area contributed by atoms with Crippen LogP contribution in [-0.4, -0.2) is 19.6 Å². The molecule has 0 heterocycles. The Balaban J connectivity index is 3.26. The van der Waals surface area contributed by atoms with Gasteiger partial charge in [-0.05, 0) is 35.1 Å². The Morgan fingerprint density at radius 2 is 1.64 bits per heavy atom. The number of carbonyl (C=O) groups is 1. The fourth-order valence-electron chi connectivity index (χ4n) is 1.85. The van der Waals surface area contributed by atoms with Gasteiger partial charge >= 0.3 is 16.1 Å². The summed E-state index contributed by atoms with van der Waals surface area (Å²) in [5.41, 5.74) is 9.34. The van der Waals surface area contributed by atoms with E-state index in [1.807, 2.05) is 27.7 Å². The molecular formula is C13H21N3O5S. The molecule has 0 saturated heterocycles. The number of hydrogen-bond donors (Lipinski definition) is 4. The van der Waals surface area contributed by atoms with Gasteiger partial charge in [-0.25, -0.2) is 10.2 Å². The molecule has 1 aromatic carbocycles. The minimum absolute atomic E-state index is 0.0761. The van der Waals surface area contributed by atoms with Gasteiger partial charge in [0.25, 0.3) is 0 Å². The SMILES string of the molecule is CC(C)c1cc(S(=O)(=O)ONNC(N)=O)cc(C(C)C)c1O. The van der Waals surface area contributed by atoms with E-state index in [2.05, 4.69) is 4.28 Å². The van der Waals surface area contributed by atoms with Gasteiger partial charge in [-0.1, -0.05) is 33.3 Å². The first kappa shape index (κ1) is 18.2. The molecule has 0 aliphatic rings. The second-order valence-corrected chi connectivity index (χ2v) is 6.93. The quantitative estimate of drug-likeness (QED) is 0.583. The molecule has 0 aliphatic heterocycles. The van der Waals surface area contributed by atoms with E-state index in [0.717, 1.165) is 0 Å². The Hall–Kier alpha value is -1.84. The van der Waals surface area contributed by atoms with Crippen LogP contribution in [0.15, 0.2) is 17.0 Å². The number of amides is 2. The maximum absolute atomic E-state index is 12.1. The van der Waals surface area contributed by atoms with Gasteiger partial charge in [-0.2, -0.15) is 12.7 Å². The minimum Gasteiger partial charge on any atom is -0.507 e. The van der Waals surface area contributed by atoms with Crippen molar-refractivity contribution in [3.8, 4) is 5.75 Å². The second kappa shape index (κ2) is 6.95. The number of nitrogens with one attached hydrogen (secondary N) is 2. The molecule has 0 saturated carbocycles. The number of hydrazine groups is 1. The molecule has 1 aromatic rings. The topological polar surface area (TPSA) is 131 Å². The molecule has 0 fully saturated rings. The number of primary amides is 1. The van der Waals surface area contributed by atoms with Crippen LogP contribution in [0.2, 0.25) is 0 Å². The molecule has 0 spiro atoms. The van der Waals surface area contributed by atoms with Crippen molar-refractivity contribution < 1.29 is 22.6 Å². The molecule has 5 N–H and O–H groups in total. The lowest BCUT2D eigenvalue weighted by atomic mass is 9.94. The van der Waals surface area contributed by atoms with E-state index in [1.165, 1.54) is 12.1 Å². The normalized spacial score (nSPS) is 11.9. The lowest BCUT2D eigenvalue weighted by molar-refractivity contribution is 0.161. The van der Waals surface area contributed by atoms with Crippen LogP contribution in [0.5, 0.6) is 5.75 Å². The van der Waals surface area contributed by atoms with Crippen molar-refractivity contribution in [2.75, 3.05) is 0 Å². The highest BCUT2D eigenvalue weighted by molar-refractivity contribution is 7.86. The van der Waals surface area contributed by atoms with Gasteiger partial charge in [-0.3, -0.25) is 0 Å². The molecule has 8 nitrogen and oxygen atoms in total. The van der Waals surface area contributed by atoms with Crippen LogP contribution in [-0.2, 0) is 14.4 Å². The molecule has 0 atom stereocenters. The van der Waals surface area contributed by atoms with Gasteiger partial charge in [-0.15, -0.1) is 0 Å². The number of hydrogen-bond acceptors (Lipinski definition) is 6.